The van der Waals surface area contributed by atoms with Crippen molar-refractivity contribution in [2.75, 3.05) is 6.54 Å². The molecule has 3 atom stereocenters. The number of aliphatic hydroxyl groups is 1. The molecule has 6 nitrogen and oxygen atoms in total. The number of nitrogens with one attached hydrogen (secondary N) is 1. The summed E-state index contributed by atoms with van der Waals surface area (Å²) in [7, 11) is 0. The zero-order chi connectivity index (χ0) is 12.8. The van der Waals surface area contributed by atoms with Crippen molar-refractivity contribution in [1.82, 2.24) is 5.32 Å². The van der Waals surface area contributed by atoms with Crippen LogP contribution in [0.4, 0.5) is 0 Å². The van der Waals surface area contributed by atoms with Crippen LogP contribution in [0.25, 0.3) is 0 Å². The van der Waals surface area contributed by atoms with Crippen molar-refractivity contribution in [1.29, 1.82) is 0 Å². The molecule has 0 aromatic carbocycles. The minimum Gasteiger partial charge on any atom is -0.393 e. The van der Waals surface area contributed by atoms with Crippen molar-refractivity contribution in [3.05, 3.63) is 0 Å². The average molecular weight is 245 g/mol. The second kappa shape index (κ2) is 6.68. The molecule has 98 valence electrons. The van der Waals surface area contributed by atoms with Gasteiger partial charge in [-0.1, -0.05) is 0 Å². The third-order valence-corrected chi connectivity index (χ3v) is 2.34. The highest BCUT2D eigenvalue weighted by molar-refractivity contribution is 5.82. The number of carbonyl (C=O) groups is 2. The van der Waals surface area contributed by atoms with Gasteiger partial charge in [-0.05, 0) is 13.8 Å². The van der Waals surface area contributed by atoms with Gasteiger partial charge in [0, 0.05) is 12.8 Å². The van der Waals surface area contributed by atoms with Gasteiger partial charge in [0.2, 0.25) is 5.91 Å². The maximum atomic E-state index is 11.6. The summed E-state index contributed by atoms with van der Waals surface area (Å²) in [6, 6.07) is 0. The fraction of sp³-hybridized carbons (Fsp3) is 0.818. The Hall–Kier alpha value is -0.980. The van der Waals surface area contributed by atoms with Crippen molar-refractivity contribution in [2.24, 2.45) is 0 Å². The Bertz CT molecular complexity index is 267. The number of ether oxygens (including phenoxy) is 2. The zero-order valence-electron chi connectivity index (χ0n) is 10.1. The smallest absolute Gasteiger partial charge is 0.249 e. The van der Waals surface area contributed by atoms with Gasteiger partial charge < -0.3 is 24.7 Å². The highest BCUT2D eigenvalue weighted by atomic mass is 16.7. The van der Waals surface area contributed by atoms with Crippen LogP contribution in [0.3, 0.4) is 0 Å². The lowest BCUT2D eigenvalue weighted by atomic mass is 10.0. The van der Waals surface area contributed by atoms with Gasteiger partial charge in [0.1, 0.15) is 12.4 Å². The molecule has 0 bridgehead atoms. The van der Waals surface area contributed by atoms with Gasteiger partial charge >= 0.3 is 0 Å². The Morgan fingerprint density at radius 2 is 2.29 bits per heavy atom. The van der Waals surface area contributed by atoms with Crippen LogP contribution in [0.5, 0.6) is 0 Å². The van der Waals surface area contributed by atoms with E-state index in [0.717, 1.165) is 0 Å². The lowest BCUT2D eigenvalue weighted by Crippen LogP contribution is -2.46. The maximum Gasteiger partial charge on any atom is 0.249 e. The van der Waals surface area contributed by atoms with Gasteiger partial charge in [-0.15, -0.1) is 0 Å². The van der Waals surface area contributed by atoms with Crippen molar-refractivity contribution in [2.45, 2.75) is 51.3 Å². The van der Waals surface area contributed by atoms with E-state index < -0.39 is 24.4 Å². The highest BCUT2D eigenvalue weighted by Crippen LogP contribution is 2.21. The molecule has 1 fully saturated rings. The second-order valence-corrected chi connectivity index (χ2v) is 4.28. The molecule has 2 N–H and O–H groups in total. The molecule has 1 amide bonds. The fourth-order valence-corrected chi connectivity index (χ4v) is 1.68. The van der Waals surface area contributed by atoms with E-state index in [2.05, 4.69) is 5.32 Å². The summed E-state index contributed by atoms with van der Waals surface area (Å²) < 4.78 is 10.8. The molecular formula is C11H19NO5. The molecule has 6 heteroatoms. The molecule has 0 saturated carbocycles. The summed E-state index contributed by atoms with van der Waals surface area (Å²) in [6.07, 6.45) is -0.825. The summed E-state index contributed by atoms with van der Waals surface area (Å²) in [5.74, 6) is -0.395. The number of hydrogen-bond donors (Lipinski definition) is 2. The van der Waals surface area contributed by atoms with E-state index >= 15 is 0 Å². The monoisotopic (exact) mass is 245 g/mol. The van der Waals surface area contributed by atoms with Gasteiger partial charge in [-0.3, -0.25) is 4.79 Å². The van der Waals surface area contributed by atoms with Crippen LogP contribution in [0.2, 0.25) is 0 Å². The number of amides is 1. The molecule has 0 aromatic heterocycles. The molecule has 0 radical (unpaired) electrons. The summed E-state index contributed by atoms with van der Waals surface area (Å²) in [6.45, 7) is 3.65. The van der Waals surface area contributed by atoms with Crippen LogP contribution in [0, 0.1) is 0 Å². The molecule has 3 unspecified atom stereocenters. The van der Waals surface area contributed by atoms with Gasteiger partial charge in [-0.2, -0.15) is 0 Å². The van der Waals surface area contributed by atoms with E-state index in [1.807, 2.05) is 13.8 Å². The first-order valence-corrected chi connectivity index (χ1v) is 5.73. The predicted octanol–water partition coefficient (Wildman–Crippen LogP) is -0.407. The third kappa shape index (κ3) is 4.80. The summed E-state index contributed by atoms with van der Waals surface area (Å²) in [4.78, 5) is 21.7. The molecule has 0 spiro atoms. The van der Waals surface area contributed by atoms with Gasteiger partial charge in [-0.25, -0.2) is 0 Å². The standard InChI is InChI=1S/C11H19NO5/c1-7(2)16-10-6-8(14)5-9(17-10)11(15)12-3-4-13/h4,7-10,14H,3,5-6H2,1-2H3,(H,12,15). The van der Waals surface area contributed by atoms with Crippen LogP contribution in [-0.4, -0.2) is 48.4 Å². The van der Waals surface area contributed by atoms with Crippen molar-refractivity contribution >= 4 is 12.2 Å². The number of aliphatic hydroxyl groups excluding tert-OH is 1. The molecule has 1 aliphatic heterocycles. The van der Waals surface area contributed by atoms with E-state index in [9.17, 15) is 14.7 Å². The van der Waals surface area contributed by atoms with Crippen molar-refractivity contribution in [3.8, 4) is 0 Å². The van der Waals surface area contributed by atoms with Gasteiger partial charge in [0.15, 0.2) is 6.29 Å². The first-order valence-electron chi connectivity index (χ1n) is 5.73. The van der Waals surface area contributed by atoms with E-state index in [4.69, 9.17) is 9.47 Å². The fourth-order valence-electron chi connectivity index (χ4n) is 1.68. The van der Waals surface area contributed by atoms with Crippen LogP contribution in [0.1, 0.15) is 26.7 Å². The Kier molecular flexibility index (Phi) is 5.54. The predicted molar refractivity (Wildman–Crippen MR) is 59.2 cm³/mol. The summed E-state index contributed by atoms with van der Waals surface area (Å²) >= 11 is 0. The molecule has 1 saturated heterocycles. The molecule has 0 aromatic rings. The minimum atomic E-state index is -0.762. The molecule has 0 aliphatic carbocycles. The molecule has 1 heterocycles. The third-order valence-electron chi connectivity index (χ3n) is 2.34. The largest absolute Gasteiger partial charge is 0.393 e. The van der Waals surface area contributed by atoms with E-state index in [0.29, 0.717) is 12.7 Å². The number of hydrogen-bond acceptors (Lipinski definition) is 5. The summed E-state index contributed by atoms with van der Waals surface area (Å²) in [5, 5.41) is 12.0. The molecular weight excluding hydrogens is 226 g/mol. The average Bonchev–Trinajstić information content (AvgIpc) is 2.24. The highest BCUT2D eigenvalue weighted by Gasteiger charge is 2.33. The Morgan fingerprint density at radius 1 is 1.59 bits per heavy atom. The maximum absolute atomic E-state index is 11.6. The van der Waals surface area contributed by atoms with Crippen LogP contribution in [0.15, 0.2) is 0 Å². The summed E-state index contributed by atoms with van der Waals surface area (Å²) in [5.41, 5.74) is 0. The first kappa shape index (κ1) is 14.1. The molecule has 1 aliphatic rings. The topological polar surface area (TPSA) is 84.9 Å². The molecule has 17 heavy (non-hydrogen) atoms. The van der Waals surface area contributed by atoms with Gasteiger partial charge in [0.05, 0.1) is 18.8 Å². The van der Waals surface area contributed by atoms with E-state index in [1.165, 1.54) is 0 Å². The first-order chi connectivity index (χ1) is 8.02. The van der Waals surface area contributed by atoms with E-state index in [1.54, 1.807) is 0 Å². The Balaban J connectivity index is 2.49. The van der Waals surface area contributed by atoms with Crippen LogP contribution < -0.4 is 5.32 Å². The van der Waals surface area contributed by atoms with Gasteiger partial charge in [0.25, 0.3) is 0 Å². The number of carbonyl (C=O) groups excluding carboxylic acids is 2. The van der Waals surface area contributed by atoms with Crippen molar-refractivity contribution in [3.63, 3.8) is 0 Å². The van der Waals surface area contributed by atoms with E-state index in [-0.39, 0.29) is 19.1 Å². The Morgan fingerprint density at radius 3 is 2.88 bits per heavy atom. The lowest BCUT2D eigenvalue weighted by molar-refractivity contribution is -0.226. The second-order valence-electron chi connectivity index (χ2n) is 4.28. The number of aldehydes is 1. The SMILES string of the molecule is CC(C)OC1CC(O)CC(C(=O)NCC=O)O1. The van der Waals surface area contributed by atoms with Crippen molar-refractivity contribution < 1.29 is 24.2 Å². The lowest BCUT2D eigenvalue weighted by Gasteiger charge is -2.33. The normalized spacial score (nSPS) is 29.1. The minimum absolute atomic E-state index is 0.0380. The molecule has 1 rings (SSSR count). The van der Waals surface area contributed by atoms with Crippen LogP contribution >= 0.6 is 0 Å². The zero-order valence-corrected chi connectivity index (χ0v) is 10.1. The quantitative estimate of drug-likeness (QED) is 0.643. The Labute approximate surface area is 100 Å². The number of rotatable bonds is 5. The van der Waals surface area contributed by atoms with Crippen LogP contribution in [-0.2, 0) is 19.1 Å².